The topological polar surface area (TPSA) is 20.2 Å². The lowest BCUT2D eigenvalue weighted by molar-refractivity contribution is 0.228. The molecule has 13 heavy (non-hydrogen) atoms. The molecule has 1 N–H and O–H groups in total. The third-order valence-electron chi connectivity index (χ3n) is 1.91. The van der Waals surface area contributed by atoms with Crippen molar-refractivity contribution < 1.29 is 5.11 Å². The van der Waals surface area contributed by atoms with Crippen molar-refractivity contribution in [1.29, 1.82) is 0 Å². The Bertz CT molecular complexity index is 251. The Morgan fingerprint density at radius 2 is 2.00 bits per heavy atom. The van der Waals surface area contributed by atoms with Crippen LogP contribution in [0.5, 0.6) is 0 Å². The first kappa shape index (κ1) is 10.0. The van der Waals surface area contributed by atoms with Crippen LogP contribution in [0.1, 0.15) is 31.4 Å². The second kappa shape index (κ2) is 5.55. The Labute approximate surface area is 79.7 Å². The molecule has 0 aliphatic rings. The van der Waals surface area contributed by atoms with Gasteiger partial charge in [0.15, 0.2) is 0 Å². The van der Waals surface area contributed by atoms with Gasteiger partial charge in [-0.15, -0.1) is 0 Å². The lowest BCUT2D eigenvalue weighted by atomic mass is 10.1. The highest BCUT2D eigenvalue weighted by molar-refractivity contribution is 5.20. The van der Waals surface area contributed by atoms with Crippen molar-refractivity contribution in [2.75, 3.05) is 0 Å². The van der Waals surface area contributed by atoms with E-state index in [4.69, 9.17) is 0 Å². The summed E-state index contributed by atoms with van der Waals surface area (Å²) in [5, 5.41) is 9.66. The summed E-state index contributed by atoms with van der Waals surface area (Å²) in [4.78, 5) is 0. The fraction of sp³-hybridized carbons (Fsp3) is 0.333. The molecule has 0 saturated heterocycles. The Morgan fingerprint density at radius 1 is 1.31 bits per heavy atom. The predicted molar refractivity (Wildman–Crippen MR) is 55.4 cm³/mol. The number of hydrogen-bond donors (Lipinski definition) is 1. The monoisotopic (exact) mass is 176 g/mol. The zero-order chi connectivity index (χ0) is 9.52. The lowest BCUT2D eigenvalue weighted by Crippen LogP contribution is -1.91. The third-order valence-corrected chi connectivity index (χ3v) is 1.91. The van der Waals surface area contributed by atoms with E-state index in [1.807, 2.05) is 42.5 Å². The standard InChI is InChI=1S/C12H16O/c1-2-3-5-10-12(13)11-8-6-4-7-9-11/h4-10,12-13H,2-3H2,1H3. The molecule has 0 radical (unpaired) electrons. The maximum Gasteiger partial charge on any atom is 0.0971 e. The van der Waals surface area contributed by atoms with Crippen molar-refractivity contribution in [1.82, 2.24) is 0 Å². The fourth-order valence-electron chi connectivity index (χ4n) is 1.15. The second-order valence-corrected chi connectivity index (χ2v) is 3.07. The quantitative estimate of drug-likeness (QED) is 0.699. The van der Waals surface area contributed by atoms with Gasteiger partial charge in [-0.3, -0.25) is 0 Å². The first-order valence-corrected chi connectivity index (χ1v) is 4.74. The minimum atomic E-state index is -0.451. The van der Waals surface area contributed by atoms with E-state index in [1.54, 1.807) is 0 Å². The predicted octanol–water partition coefficient (Wildman–Crippen LogP) is 3.08. The van der Waals surface area contributed by atoms with E-state index >= 15 is 0 Å². The Morgan fingerprint density at radius 3 is 2.62 bits per heavy atom. The zero-order valence-electron chi connectivity index (χ0n) is 7.98. The average molecular weight is 176 g/mol. The van der Waals surface area contributed by atoms with Gasteiger partial charge in [-0.2, -0.15) is 0 Å². The molecule has 0 amide bonds. The van der Waals surface area contributed by atoms with Gasteiger partial charge in [-0.05, 0) is 12.0 Å². The van der Waals surface area contributed by atoms with E-state index in [-0.39, 0.29) is 0 Å². The van der Waals surface area contributed by atoms with Gasteiger partial charge in [-0.25, -0.2) is 0 Å². The van der Waals surface area contributed by atoms with Crippen molar-refractivity contribution >= 4 is 0 Å². The minimum absolute atomic E-state index is 0.451. The van der Waals surface area contributed by atoms with Gasteiger partial charge in [0, 0.05) is 0 Å². The van der Waals surface area contributed by atoms with Crippen LogP contribution >= 0.6 is 0 Å². The molecule has 1 atom stereocenters. The van der Waals surface area contributed by atoms with Crippen molar-refractivity contribution in [2.45, 2.75) is 25.9 Å². The first-order chi connectivity index (χ1) is 6.34. The van der Waals surface area contributed by atoms with E-state index < -0.39 is 6.10 Å². The number of aliphatic hydroxyl groups excluding tert-OH is 1. The second-order valence-electron chi connectivity index (χ2n) is 3.07. The number of allylic oxidation sites excluding steroid dienone is 1. The van der Waals surface area contributed by atoms with Gasteiger partial charge in [0.1, 0.15) is 0 Å². The Hall–Kier alpha value is -1.08. The van der Waals surface area contributed by atoms with Gasteiger partial charge < -0.3 is 5.11 Å². The normalized spacial score (nSPS) is 13.4. The van der Waals surface area contributed by atoms with Crippen molar-refractivity contribution in [3.63, 3.8) is 0 Å². The highest BCUT2D eigenvalue weighted by Crippen LogP contribution is 2.13. The maximum absolute atomic E-state index is 9.66. The molecule has 0 saturated carbocycles. The molecule has 1 heteroatoms. The van der Waals surface area contributed by atoms with Crippen LogP contribution in [0, 0.1) is 0 Å². The average Bonchev–Trinajstić information content (AvgIpc) is 2.19. The Balaban J connectivity index is 2.53. The molecule has 0 aliphatic heterocycles. The molecule has 70 valence electrons. The van der Waals surface area contributed by atoms with Crippen LogP contribution in [0.2, 0.25) is 0 Å². The molecule has 0 bridgehead atoms. The van der Waals surface area contributed by atoms with Crippen LogP contribution in [-0.4, -0.2) is 5.11 Å². The van der Waals surface area contributed by atoms with Crippen LogP contribution in [0.15, 0.2) is 42.5 Å². The van der Waals surface area contributed by atoms with Gasteiger partial charge in [0.05, 0.1) is 6.10 Å². The van der Waals surface area contributed by atoms with Crippen molar-refractivity contribution in [2.24, 2.45) is 0 Å². The zero-order valence-corrected chi connectivity index (χ0v) is 7.98. The van der Waals surface area contributed by atoms with Crippen molar-refractivity contribution in [3.8, 4) is 0 Å². The molecule has 0 heterocycles. The molecule has 0 fully saturated rings. The third kappa shape index (κ3) is 3.43. The summed E-state index contributed by atoms with van der Waals surface area (Å²) in [7, 11) is 0. The SMILES string of the molecule is CCCC=CC(O)c1ccccc1. The van der Waals surface area contributed by atoms with Gasteiger partial charge >= 0.3 is 0 Å². The smallest absolute Gasteiger partial charge is 0.0971 e. The van der Waals surface area contributed by atoms with E-state index in [0.29, 0.717) is 0 Å². The molecule has 1 nitrogen and oxygen atoms in total. The summed E-state index contributed by atoms with van der Waals surface area (Å²) >= 11 is 0. The molecular weight excluding hydrogens is 160 g/mol. The van der Waals surface area contributed by atoms with E-state index in [0.717, 1.165) is 18.4 Å². The van der Waals surface area contributed by atoms with Gasteiger partial charge in [0.2, 0.25) is 0 Å². The summed E-state index contributed by atoms with van der Waals surface area (Å²) in [6.07, 6.45) is 5.58. The molecule has 0 aromatic heterocycles. The van der Waals surface area contributed by atoms with Gasteiger partial charge in [0.25, 0.3) is 0 Å². The maximum atomic E-state index is 9.66. The van der Waals surface area contributed by atoms with Crippen LogP contribution in [0.3, 0.4) is 0 Å². The number of unbranched alkanes of at least 4 members (excludes halogenated alkanes) is 1. The summed E-state index contributed by atoms with van der Waals surface area (Å²) in [6, 6.07) is 9.69. The minimum Gasteiger partial charge on any atom is -0.384 e. The summed E-state index contributed by atoms with van der Waals surface area (Å²) in [5.41, 5.74) is 0.954. The summed E-state index contributed by atoms with van der Waals surface area (Å²) in [5.74, 6) is 0. The van der Waals surface area contributed by atoms with Crippen molar-refractivity contribution in [3.05, 3.63) is 48.0 Å². The van der Waals surface area contributed by atoms with E-state index in [1.165, 1.54) is 0 Å². The molecule has 1 unspecified atom stereocenters. The highest BCUT2D eigenvalue weighted by Gasteiger charge is 1.99. The van der Waals surface area contributed by atoms with Crippen LogP contribution in [0.4, 0.5) is 0 Å². The van der Waals surface area contributed by atoms with Gasteiger partial charge in [-0.1, -0.05) is 55.8 Å². The largest absolute Gasteiger partial charge is 0.384 e. The lowest BCUT2D eigenvalue weighted by Gasteiger charge is -2.04. The highest BCUT2D eigenvalue weighted by atomic mass is 16.3. The van der Waals surface area contributed by atoms with E-state index in [2.05, 4.69) is 6.92 Å². The molecule has 0 aliphatic carbocycles. The molecule has 0 spiro atoms. The van der Waals surface area contributed by atoms with Crippen LogP contribution in [0.25, 0.3) is 0 Å². The number of benzene rings is 1. The Kier molecular flexibility index (Phi) is 4.27. The number of hydrogen-bond acceptors (Lipinski definition) is 1. The molecule has 1 aromatic carbocycles. The number of rotatable bonds is 4. The van der Waals surface area contributed by atoms with Crippen LogP contribution in [-0.2, 0) is 0 Å². The fourth-order valence-corrected chi connectivity index (χ4v) is 1.15. The summed E-state index contributed by atoms with van der Waals surface area (Å²) in [6.45, 7) is 2.12. The molecule has 1 aromatic rings. The summed E-state index contributed by atoms with van der Waals surface area (Å²) < 4.78 is 0. The number of aliphatic hydroxyl groups is 1. The first-order valence-electron chi connectivity index (χ1n) is 4.74. The van der Waals surface area contributed by atoms with E-state index in [9.17, 15) is 5.11 Å². The molecular formula is C12H16O. The molecule has 1 rings (SSSR count). The van der Waals surface area contributed by atoms with Crippen LogP contribution < -0.4 is 0 Å².